The molecule has 20 N–H and O–H groups in total. The first-order valence-corrected chi connectivity index (χ1v) is 8.20. The number of carboxylic acids is 6. The van der Waals surface area contributed by atoms with Gasteiger partial charge in [-0.25, -0.2) is 0 Å². The van der Waals surface area contributed by atoms with E-state index in [4.69, 9.17) is 82.3 Å². The summed E-state index contributed by atoms with van der Waals surface area (Å²) in [5.41, 5.74) is 19.6. The minimum Gasteiger partial charge on any atom is -0.481 e. The molecule has 0 aromatic heterocycles. The van der Waals surface area contributed by atoms with Gasteiger partial charge in [0.25, 0.3) is 35.8 Å². The summed E-state index contributed by atoms with van der Waals surface area (Å²) >= 11 is 0. The van der Waals surface area contributed by atoms with E-state index < -0.39 is 35.8 Å². The van der Waals surface area contributed by atoms with E-state index in [2.05, 4.69) is 0 Å². The molecule has 18 nitrogen and oxygen atoms in total. The van der Waals surface area contributed by atoms with Crippen LogP contribution in [0.15, 0.2) is 0 Å². The minimum absolute atomic E-state index is 0. The third-order valence-corrected chi connectivity index (χ3v) is 0.333. The van der Waals surface area contributed by atoms with Gasteiger partial charge in [-0.15, -0.1) is 0 Å². The van der Waals surface area contributed by atoms with Crippen LogP contribution in [-0.2, 0) is 28.8 Å². The Morgan fingerprint density at radius 1 is 0.382 bits per heavy atom. The number of carbonyl (C=O) groups is 6. The molecule has 0 heterocycles. The van der Waals surface area contributed by atoms with E-state index in [0.717, 1.165) is 41.5 Å². The Labute approximate surface area is 199 Å². The summed E-state index contributed by atoms with van der Waals surface area (Å²) < 4.78 is 0. The van der Waals surface area contributed by atoms with Gasteiger partial charge in [-0.3, -0.25) is 28.8 Å². The molecule has 0 amide bonds. The summed E-state index contributed by atoms with van der Waals surface area (Å²) in [4.78, 5) is 54.0. The lowest BCUT2D eigenvalue weighted by atomic mass is 10.7. The number of hydrogen-bond acceptors (Lipinski definition) is 12. The van der Waals surface area contributed by atoms with Crippen LogP contribution in [-0.4, -0.2) is 92.6 Å². The summed E-state index contributed by atoms with van der Waals surface area (Å²) in [5, 5.41) is 44.5. The van der Waals surface area contributed by atoms with E-state index >= 15 is 0 Å². The molecule has 0 unspecified atom stereocenters. The van der Waals surface area contributed by atoms with Crippen LogP contribution in [0.5, 0.6) is 0 Å². The zero-order valence-corrected chi connectivity index (χ0v) is 20.7. The highest BCUT2D eigenvalue weighted by Crippen LogP contribution is 1.43. The standard InChI is InChI=1S/2C2H8N2.6C2H4O2.2H3N/c2*3-1-2-4;6*1-2(3)4;;/h2*1-4H2;6*1H3,(H,3,4);2*1H3. The molecule has 0 fully saturated rings. The Kier molecular flexibility index (Phi) is 130. The minimum atomic E-state index is -0.833. The zero-order valence-electron chi connectivity index (χ0n) is 20.7. The number of nitrogens with two attached hydrogens (primary N) is 4. The van der Waals surface area contributed by atoms with Crippen molar-refractivity contribution in [3.05, 3.63) is 0 Å². The van der Waals surface area contributed by atoms with Crippen molar-refractivity contribution < 1.29 is 59.4 Å². The first-order chi connectivity index (χ1) is 14.2. The lowest BCUT2D eigenvalue weighted by Gasteiger charge is -1.72. The topological polar surface area (TPSA) is 398 Å². The lowest BCUT2D eigenvalue weighted by Crippen LogP contribution is -2.11. The van der Waals surface area contributed by atoms with Gasteiger partial charge in [-0.2, -0.15) is 0 Å². The van der Waals surface area contributed by atoms with Crippen LogP contribution >= 0.6 is 0 Å². The van der Waals surface area contributed by atoms with Crippen LogP contribution in [0.25, 0.3) is 0 Å². The van der Waals surface area contributed by atoms with Gasteiger partial charge in [-0.05, 0) is 0 Å². The molecule has 18 heteroatoms. The van der Waals surface area contributed by atoms with E-state index in [1.807, 2.05) is 0 Å². The van der Waals surface area contributed by atoms with E-state index in [1.165, 1.54) is 0 Å². The molecule has 0 aromatic rings. The van der Waals surface area contributed by atoms with Gasteiger partial charge in [0.15, 0.2) is 0 Å². The molecule has 0 saturated carbocycles. The summed E-state index contributed by atoms with van der Waals surface area (Å²) in [6.45, 7) is 8.89. The van der Waals surface area contributed by atoms with Crippen LogP contribution in [0.3, 0.4) is 0 Å². The number of carboxylic acid groups (broad SMARTS) is 6. The average Bonchev–Trinajstić information content (AvgIpc) is 2.51. The van der Waals surface area contributed by atoms with Crippen LogP contribution in [0, 0.1) is 0 Å². The second-order valence-corrected chi connectivity index (χ2v) is 4.27. The van der Waals surface area contributed by atoms with Gasteiger partial charge >= 0.3 is 0 Å². The SMILES string of the molecule is CC(=O)O.CC(=O)O.CC(=O)O.CC(=O)O.CC(=O)O.CC(=O)O.N.N.NCCN.NCCN. The Hall–Kier alpha value is -3.42. The summed E-state index contributed by atoms with van der Waals surface area (Å²) in [6, 6.07) is 0. The summed E-state index contributed by atoms with van der Waals surface area (Å²) in [7, 11) is 0. The first-order valence-electron chi connectivity index (χ1n) is 8.20. The normalized spacial score (nSPS) is 6.18. The number of hydrogen-bond donors (Lipinski definition) is 12. The Bertz CT molecular complexity index is 327. The van der Waals surface area contributed by atoms with Crippen molar-refractivity contribution >= 4 is 35.8 Å². The molecule has 0 atom stereocenters. The molecule has 0 rings (SSSR count). The second-order valence-electron chi connectivity index (χ2n) is 4.27. The molecule has 0 aromatic carbocycles. The predicted molar refractivity (Wildman–Crippen MR) is 126 cm³/mol. The van der Waals surface area contributed by atoms with Crippen LogP contribution < -0.4 is 35.2 Å². The van der Waals surface area contributed by atoms with Gasteiger partial charge in [0.05, 0.1) is 0 Å². The van der Waals surface area contributed by atoms with Crippen molar-refractivity contribution in [3.63, 3.8) is 0 Å². The largest absolute Gasteiger partial charge is 0.481 e. The van der Waals surface area contributed by atoms with E-state index in [0.29, 0.717) is 26.2 Å². The van der Waals surface area contributed by atoms with Crippen molar-refractivity contribution in [3.8, 4) is 0 Å². The maximum atomic E-state index is 9.00. The molecule has 212 valence electrons. The molecule has 0 saturated heterocycles. The van der Waals surface area contributed by atoms with E-state index in [9.17, 15) is 0 Å². The molecule has 0 spiro atoms. The first kappa shape index (κ1) is 63.2. The van der Waals surface area contributed by atoms with Gasteiger partial charge in [0.1, 0.15) is 0 Å². The third kappa shape index (κ3) is 10800. The monoisotopic (exact) mass is 514 g/mol. The molecule has 0 aliphatic carbocycles. The summed E-state index contributed by atoms with van der Waals surface area (Å²) in [5.74, 6) is -5.00. The highest BCUT2D eigenvalue weighted by atomic mass is 16.4. The smallest absolute Gasteiger partial charge is 0.300 e. The maximum Gasteiger partial charge on any atom is 0.300 e. The van der Waals surface area contributed by atoms with Crippen molar-refractivity contribution in [2.75, 3.05) is 26.2 Å². The Morgan fingerprint density at radius 2 is 0.412 bits per heavy atom. The fraction of sp³-hybridized carbons (Fsp3) is 0.625. The molecule has 0 aliphatic rings. The lowest BCUT2D eigenvalue weighted by molar-refractivity contribution is -0.135. The molecular weight excluding hydrogens is 468 g/mol. The van der Waals surface area contributed by atoms with Gasteiger partial charge in [0, 0.05) is 67.7 Å². The molecule has 0 radical (unpaired) electrons. The van der Waals surface area contributed by atoms with E-state index in [-0.39, 0.29) is 12.3 Å². The maximum absolute atomic E-state index is 9.00. The molecule has 0 aliphatic heterocycles. The van der Waals surface area contributed by atoms with Crippen molar-refractivity contribution in [1.29, 1.82) is 0 Å². The highest BCUT2D eigenvalue weighted by Gasteiger charge is 1.67. The fourth-order valence-electron chi connectivity index (χ4n) is 0. The van der Waals surface area contributed by atoms with Gasteiger partial charge in [-0.1, -0.05) is 0 Å². The molecular formula is C16H46N6O12. The quantitative estimate of drug-likeness (QED) is 0.203. The van der Waals surface area contributed by atoms with Crippen molar-refractivity contribution in [2.45, 2.75) is 41.5 Å². The fourth-order valence-corrected chi connectivity index (χ4v) is 0. The predicted octanol–water partition coefficient (Wildman–Crippen LogP) is -1.32. The Morgan fingerprint density at radius 3 is 0.412 bits per heavy atom. The van der Waals surface area contributed by atoms with E-state index in [1.54, 1.807) is 0 Å². The molecule has 34 heavy (non-hydrogen) atoms. The summed E-state index contributed by atoms with van der Waals surface area (Å²) in [6.07, 6.45) is 0. The highest BCUT2D eigenvalue weighted by molar-refractivity contribution is 5.64. The number of rotatable bonds is 2. The van der Waals surface area contributed by atoms with Crippen molar-refractivity contribution in [2.24, 2.45) is 22.9 Å². The second kappa shape index (κ2) is 70.0. The van der Waals surface area contributed by atoms with Crippen LogP contribution in [0.2, 0.25) is 0 Å². The molecule has 0 bridgehead atoms. The third-order valence-electron chi connectivity index (χ3n) is 0.333. The average molecular weight is 515 g/mol. The van der Waals surface area contributed by atoms with Gasteiger partial charge < -0.3 is 65.9 Å². The van der Waals surface area contributed by atoms with Crippen molar-refractivity contribution in [1.82, 2.24) is 12.3 Å². The number of aliphatic carboxylic acids is 6. The Balaban J connectivity index is -0.0000000240. The van der Waals surface area contributed by atoms with Gasteiger partial charge in [0.2, 0.25) is 0 Å². The van der Waals surface area contributed by atoms with Crippen LogP contribution in [0.4, 0.5) is 0 Å². The zero-order chi connectivity index (χ0) is 28.3. The van der Waals surface area contributed by atoms with Crippen LogP contribution in [0.1, 0.15) is 41.5 Å².